The number of phenolic OH excluding ortho intramolecular Hbond substituents is 1. The second kappa shape index (κ2) is 13.2. The number of nitrogens with two attached hydrogens (primary N) is 1. The summed E-state index contributed by atoms with van der Waals surface area (Å²) in [7, 11) is 0. The molecule has 0 unspecified atom stereocenters. The molecule has 0 aromatic heterocycles. The molecular weight excluding hydrogens is 422 g/mol. The molecule has 1 aliphatic rings. The Kier molecular flexibility index (Phi) is 10.6. The molecule has 1 aromatic rings. The van der Waals surface area contributed by atoms with E-state index in [-0.39, 0.29) is 43.1 Å². The molecule has 0 spiro atoms. The number of ether oxygens (including phenoxy) is 3. The number of aryl methyl sites for hydroxylation is 1. The molecule has 1 aromatic carbocycles. The fraction of sp³-hybridized carbons (Fsp3) is 0.538. The molecule has 2 rings (SSSR count). The summed E-state index contributed by atoms with van der Waals surface area (Å²) in [4.78, 5) is 24.3. The predicted octanol–water partition coefficient (Wildman–Crippen LogP) is 4.06. The molecule has 7 nitrogen and oxygen atoms in total. The molecule has 7 heteroatoms. The van der Waals surface area contributed by atoms with Crippen molar-refractivity contribution in [2.75, 3.05) is 13.2 Å². The average Bonchev–Trinajstić information content (AvgIpc) is 2.80. The fourth-order valence-corrected chi connectivity index (χ4v) is 3.55. The maximum absolute atomic E-state index is 12.5. The van der Waals surface area contributed by atoms with Crippen LogP contribution in [0.3, 0.4) is 0 Å². The standard InChI is InChI=1S/C26H37NO6/c1-5-21(6-2)33-24-16-20(15-22(27)18(24)4)26(30)32-13-7-12-31-25(29)11-10-19-9-8-17(3)23(28)14-19/h8-11,14,16,18,21-22,24,28H,5-7,12-13,15,27H2,1-4H3/b11-10+/t18-,22+,24-/m1/s1. The maximum Gasteiger partial charge on any atom is 0.333 e. The Balaban J connectivity index is 1.75. The predicted molar refractivity (Wildman–Crippen MR) is 127 cm³/mol. The zero-order valence-corrected chi connectivity index (χ0v) is 20.1. The largest absolute Gasteiger partial charge is 0.508 e. The molecule has 3 N–H and O–H groups in total. The number of carbonyl (C=O) groups excluding carboxylic acids is 2. The highest BCUT2D eigenvalue weighted by Gasteiger charge is 2.32. The van der Waals surface area contributed by atoms with Crippen molar-refractivity contribution < 1.29 is 28.9 Å². The van der Waals surface area contributed by atoms with Gasteiger partial charge in [0.1, 0.15) is 5.75 Å². The summed E-state index contributed by atoms with van der Waals surface area (Å²) in [5.74, 6) is -0.610. The smallest absolute Gasteiger partial charge is 0.333 e. The molecule has 0 amide bonds. The van der Waals surface area contributed by atoms with Gasteiger partial charge in [-0.3, -0.25) is 0 Å². The lowest BCUT2D eigenvalue weighted by Crippen LogP contribution is -2.42. The Morgan fingerprint density at radius 2 is 1.91 bits per heavy atom. The van der Waals surface area contributed by atoms with E-state index in [4.69, 9.17) is 19.9 Å². The summed E-state index contributed by atoms with van der Waals surface area (Å²) in [6, 6.07) is 4.97. The molecular formula is C26H37NO6. The molecule has 0 saturated heterocycles. The van der Waals surface area contributed by atoms with Gasteiger partial charge in [0.25, 0.3) is 0 Å². The summed E-state index contributed by atoms with van der Waals surface area (Å²) in [5, 5.41) is 9.70. The molecule has 0 fully saturated rings. The van der Waals surface area contributed by atoms with E-state index in [1.54, 1.807) is 31.2 Å². The highest BCUT2D eigenvalue weighted by Crippen LogP contribution is 2.27. The van der Waals surface area contributed by atoms with Crippen molar-refractivity contribution in [1.29, 1.82) is 0 Å². The third kappa shape index (κ3) is 8.33. The lowest BCUT2D eigenvalue weighted by molar-refractivity contribution is -0.141. The van der Waals surface area contributed by atoms with Crippen molar-refractivity contribution >= 4 is 18.0 Å². The Morgan fingerprint density at radius 3 is 2.58 bits per heavy atom. The zero-order chi connectivity index (χ0) is 24.4. The number of phenols is 1. The lowest BCUT2D eigenvalue weighted by atomic mass is 9.84. The number of carbonyl (C=O) groups is 2. The van der Waals surface area contributed by atoms with E-state index >= 15 is 0 Å². The van der Waals surface area contributed by atoms with Gasteiger partial charge in [0.05, 0.1) is 25.4 Å². The fourth-order valence-electron chi connectivity index (χ4n) is 3.55. The highest BCUT2D eigenvalue weighted by molar-refractivity contribution is 5.89. The van der Waals surface area contributed by atoms with E-state index in [1.165, 1.54) is 6.08 Å². The second-order valence-electron chi connectivity index (χ2n) is 8.49. The molecule has 1 aliphatic carbocycles. The van der Waals surface area contributed by atoms with E-state index in [0.717, 1.165) is 18.4 Å². The maximum atomic E-state index is 12.5. The minimum atomic E-state index is -0.502. The molecule has 33 heavy (non-hydrogen) atoms. The number of hydrogen-bond acceptors (Lipinski definition) is 7. The summed E-state index contributed by atoms with van der Waals surface area (Å²) >= 11 is 0. The summed E-state index contributed by atoms with van der Waals surface area (Å²) < 4.78 is 16.6. The summed E-state index contributed by atoms with van der Waals surface area (Å²) in [6.45, 7) is 8.27. The topological polar surface area (TPSA) is 108 Å². The van der Waals surface area contributed by atoms with Gasteiger partial charge in [0, 0.05) is 30.0 Å². The van der Waals surface area contributed by atoms with Crippen LogP contribution in [-0.2, 0) is 23.8 Å². The average molecular weight is 460 g/mol. The van der Waals surface area contributed by atoms with Crippen LogP contribution in [-0.4, -0.2) is 48.5 Å². The van der Waals surface area contributed by atoms with Gasteiger partial charge in [-0.15, -0.1) is 0 Å². The third-order valence-corrected chi connectivity index (χ3v) is 5.95. The first-order chi connectivity index (χ1) is 15.7. The normalized spacial score (nSPS) is 20.7. The Bertz CT molecular complexity index is 858. The van der Waals surface area contributed by atoms with Crippen molar-refractivity contribution in [1.82, 2.24) is 0 Å². The molecule has 182 valence electrons. The van der Waals surface area contributed by atoms with Crippen LogP contribution in [0.4, 0.5) is 0 Å². The molecule has 3 atom stereocenters. The Hall–Kier alpha value is -2.64. The van der Waals surface area contributed by atoms with Gasteiger partial charge < -0.3 is 25.1 Å². The molecule has 0 radical (unpaired) electrons. The quantitative estimate of drug-likeness (QED) is 0.292. The van der Waals surface area contributed by atoms with E-state index < -0.39 is 11.9 Å². The van der Waals surface area contributed by atoms with Crippen molar-refractivity contribution in [2.45, 2.75) is 71.6 Å². The van der Waals surface area contributed by atoms with Gasteiger partial charge in [-0.25, -0.2) is 9.59 Å². The van der Waals surface area contributed by atoms with E-state index in [1.807, 2.05) is 13.0 Å². The first kappa shape index (κ1) is 26.6. The van der Waals surface area contributed by atoms with Gasteiger partial charge in [0.2, 0.25) is 0 Å². The van der Waals surface area contributed by atoms with Crippen LogP contribution < -0.4 is 5.73 Å². The van der Waals surface area contributed by atoms with Crippen LogP contribution in [0.15, 0.2) is 35.9 Å². The minimum absolute atomic E-state index is 0.124. The Morgan fingerprint density at radius 1 is 1.21 bits per heavy atom. The third-order valence-electron chi connectivity index (χ3n) is 5.95. The van der Waals surface area contributed by atoms with Crippen LogP contribution in [0, 0.1) is 12.8 Å². The van der Waals surface area contributed by atoms with E-state index in [9.17, 15) is 14.7 Å². The number of hydrogen-bond donors (Lipinski definition) is 2. The van der Waals surface area contributed by atoms with Crippen molar-refractivity contribution in [3.63, 3.8) is 0 Å². The van der Waals surface area contributed by atoms with Gasteiger partial charge in [0.15, 0.2) is 0 Å². The summed E-state index contributed by atoms with van der Waals surface area (Å²) in [6.07, 6.45) is 7.31. The summed E-state index contributed by atoms with van der Waals surface area (Å²) in [5.41, 5.74) is 8.25. The van der Waals surface area contributed by atoms with Crippen LogP contribution in [0.1, 0.15) is 57.6 Å². The van der Waals surface area contributed by atoms with Crippen LogP contribution in [0.25, 0.3) is 6.08 Å². The SMILES string of the molecule is CCC(CC)O[C@@H]1C=C(C(=O)OCCCOC(=O)/C=C/c2ccc(C)c(O)c2)C[C@H](N)[C@H]1C. The van der Waals surface area contributed by atoms with Crippen molar-refractivity contribution in [2.24, 2.45) is 11.7 Å². The first-order valence-electron chi connectivity index (χ1n) is 11.7. The number of aromatic hydroxyl groups is 1. The lowest BCUT2D eigenvalue weighted by Gasteiger charge is -2.34. The Labute approximate surface area is 196 Å². The molecule has 0 saturated carbocycles. The molecule has 0 aliphatic heterocycles. The monoisotopic (exact) mass is 459 g/mol. The van der Waals surface area contributed by atoms with Crippen LogP contribution >= 0.6 is 0 Å². The van der Waals surface area contributed by atoms with Gasteiger partial charge in [-0.05, 0) is 55.5 Å². The van der Waals surface area contributed by atoms with Crippen molar-refractivity contribution in [3.8, 4) is 5.75 Å². The number of benzene rings is 1. The van der Waals surface area contributed by atoms with Crippen molar-refractivity contribution in [3.05, 3.63) is 47.1 Å². The highest BCUT2D eigenvalue weighted by atomic mass is 16.5. The second-order valence-corrected chi connectivity index (χ2v) is 8.49. The van der Waals surface area contributed by atoms with Gasteiger partial charge in [-0.2, -0.15) is 0 Å². The van der Waals surface area contributed by atoms with Gasteiger partial charge in [-0.1, -0.05) is 32.9 Å². The number of rotatable bonds is 11. The zero-order valence-electron chi connectivity index (χ0n) is 20.1. The number of esters is 2. The van der Waals surface area contributed by atoms with Crippen LogP contribution in [0.2, 0.25) is 0 Å². The van der Waals surface area contributed by atoms with Crippen LogP contribution in [0.5, 0.6) is 5.75 Å². The first-order valence-corrected chi connectivity index (χ1v) is 11.7. The molecule has 0 bridgehead atoms. The van der Waals surface area contributed by atoms with E-state index in [2.05, 4.69) is 13.8 Å². The van der Waals surface area contributed by atoms with Gasteiger partial charge >= 0.3 is 11.9 Å². The molecule has 0 heterocycles. The minimum Gasteiger partial charge on any atom is -0.508 e. The van der Waals surface area contributed by atoms with E-state index in [0.29, 0.717) is 24.0 Å².